The minimum absolute atomic E-state index is 0.0572. The van der Waals surface area contributed by atoms with Crippen LogP contribution >= 0.6 is 0 Å². The largest absolute Gasteiger partial charge is 0.508 e. The van der Waals surface area contributed by atoms with Gasteiger partial charge in [-0.05, 0) is 29.5 Å². The van der Waals surface area contributed by atoms with Crippen LogP contribution < -0.4 is 0 Å². The summed E-state index contributed by atoms with van der Waals surface area (Å²) in [6, 6.07) is 4.51. The van der Waals surface area contributed by atoms with Crippen LogP contribution in [0.25, 0.3) is 0 Å². The Morgan fingerprint density at radius 2 is 2.00 bits per heavy atom. The average molecular weight is 208 g/mol. The number of aromatic hydroxyl groups is 1. The predicted molar refractivity (Wildman–Crippen MR) is 58.4 cm³/mol. The van der Waals surface area contributed by atoms with Gasteiger partial charge in [-0.3, -0.25) is 0 Å². The van der Waals surface area contributed by atoms with Crippen LogP contribution in [0.3, 0.4) is 0 Å². The van der Waals surface area contributed by atoms with E-state index in [2.05, 4.69) is 0 Å². The van der Waals surface area contributed by atoms with Gasteiger partial charge in [0.1, 0.15) is 5.75 Å². The molecule has 0 radical (unpaired) electrons. The molecule has 0 aromatic heterocycles. The Hall–Kier alpha value is -1.51. The molecular formula is C12H16O3. The molecule has 0 bridgehead atoms. The van der Waals surface area contributed by atoms with E-state index in [0.717, 1.165) is 12.0 Å². The number of hydrogen-bond donors (Lipinski definition) is 2. The number of hydrogen-bond acceptors (Lipinski definition) is 2. The highest BCUT2D eigenvalue weighted by Crippen LogP contribution is 2.33. The van der Waals surface area contributed by atoms with E-state index in [9.17, 15) is 9.90 Å². The lowest BCUT2D eigenvalue weighted by Gasteiger charge is -2.24. The molecule has 0 unspecified atom stereocenters. The van der Waals surface area contributed by atoms with Crippen molar-refractivity contribution < 1.29 is 15.0 Å². The summed E-state index contributed by atoms with van der Waals surface area (Å²) in [7, 11) is 0. The van der Waals surface area contributed by atoms with Crippen LogP contribution in [0.1, 0.15) is 43.1 Å². The number of carbonyl (C=O) groups is 1. The maximum absolute atomic E-state index is 10.7. The number of carboxylic acids is 1. The fourth-order valence-electron chi connectivity index (χ4n) is 1.43. The molecule has 0 aliphatic carbocycles. The fraction of sp³-hybridized carbons (Fsp3) is 0.417. The first-order valence-corrected chi connectivity index (χ1v) is 4.95. The molecule has 3 nitrogen and oxygen atoms in total. The van der Waals surface area contributed by atoms with Crippen LogP contribution in [0.15, 0.2) is 18.2 Å². The second kappa shape index (κ2) is 3.93. The van der Waals surface area contributed by atoms with Crippen molar-refractivity contribution in [3.05, 3.63) is 29.3 Å². The summed E-state index contributed by atoms with van der Waals surface area (Å²) in [5, 5.41) is 18.5. The highest BCUT2D eigenvalue weighted by Gasteiger charge is 2.22. The average Bonchev–Trinajstić information content (AvgIpc) is 2.17. The Labute approximate surface area is 89.4 Å². The van der Waals surface area contributed by atoms with Gasteiger partial charge in [0.25, 0.3) is 0 Å². The van der Waals surface area contributed by atoms with Crippen molar-refractivity contribution in [1.29, 1.82) is 0 Å². The number of phenols is 1. The lowest BCUT2D eigenvalue weighted by Crippen LogP contribution is -2.15. The first kappa shape index (κ1) is 11.6. The van der Waals surface area contributed by atoms with Crippen LogP contribution in [0.4, 0.5) is 0 Å². The zero-order valence-electron chi connectivity index (χ0n) is 9.24. The summed E-state index contributed by atoms with van der Waals surface area (Å²) < 4.78 is 0. The van der Waals surface area contributed by atoms with Crippen LogP contribution in [-0.2, 0) is 5.41 Å². The van der Waals surface area contributed by atoms with E-state index in [4.69, 9.17) is 5.11 Å². The number of carboxylic acid groups (broad SMARTS) is 1. The van der Waals surface area contributed by atoms with Gasteiger partial charge in [-0.15, -0.1) is 0 Å². The minimum atomic E-state index is -1.02. The summed E-state index contributed by atoms with van der Waals surface area (Å²) in [6.07, 6.45) is 0.882. The zero-order chi connectivity index (χ0) is 11.6. The van der Waals surface area contributed by atoms with E-state index < -0.39 is 5.97 Å². The number of rotatable bonds is 3. The van der Waals surface area contributed by atoms with Crippen LogP contribution in [0, 0.1) is 0 Å². The van der Waals surface area contributed by atoms with Gasteiger partial charge in [0, 0.05) is 0 Å². The van der Waals surface area contributed by atoms with Crippen LogP contribution in [0.5, 0.6) is 5.75 Å². The van der Waals surface area contributed by atoms with Gasteiger partial charge in [-0.1, -0.05) is 26.8 Å². The fourth-order valence-corrected chi connectivity index (χ4v) is 1.43. The molecule has 0 amide bonds. The van der Waals surface area contributed by atoms with Gasteiger partial charge in [-0.25, -0.2) is 4.79 Å². The van der Waals surface area contributed by atoms with Crippen LogP contribution in [-0.4, -0.2) is 16.2 Å². The zero-order valence-corrected chi connectivity index (χ0v) is 9.24. The van der Waals surface area contributed by atoms with Crippen molar-refractivity contribution in [2.24, 2.45) is 0 Å². The standard InChI is InChI=1S/C12H16O3/c1-4-12(2,3)9-6-5-8(11(14)15)7-10(9)13/h5-7,13H,4H2,1-3H3,(H,14,15). The van der Waals surface area contributed by atoms with Gasteiger partial charge in [0.2, 0.25) is 0 Å². The Bertz CT molecular complexity index is 380. The normalized spacial score (nSPS) is 11.4. The van der Waals surface area contributed by atoms with Crippen molar-refractivity contribution in [3.63, 3.8) is 0 Å². The molecule has 0 fully saturated rings. The Morgan fingerprint density at radius 3 is 2.40 bits per heavy atom. The van der Waals surface area contributed by atoms with Crippen molar-refractivity contribution >= 4 is 5.97 Å². The van der Waals surface area contributed by atoms with Crippen molar-refractivity contribution in [1.82, 2.24) is 0 Å². The van der Waals surface area contributed by atoms with Crippen LogP contribution in [0.2, 0.25) is 0 Å². The Kier molecular flexibility index (Phi) is 3.03. The molecule has 0 aliphatic rings. The maximum Gasteiger partial charge on any atom is 0.335 e. The number of aromatic carboxylic acids is 1. The molecule has 0 atom stereocenters. The van der Waals surface area contributed by atoms with Gasteiger partial charge < -0.3 is 10.2 Å². The van der Waals surface area contributed by atoms with E-state index in [0.29, 0.717) is 0 Å². The number of phenolic OH excluding ortho intramolecular Hbond substituents is 1. The lowest BCUT2D eigenvalue weighted by molar-refractivity contribution is 0.0696. The first-order chi connectivity index (χ1) is 6.88. The summed E-state index contributed by atoms with van der Waals surface area (Å²) in [6.45, 7) is 6.07. The summed E-state index contributed by atoms with van der Waals surface area (Å²) >= 11 is 0. The molecule has 0 saturated heterocycles. The topological polar surface area (TPSA) is 57.5 Å². The van der Waals surface area contributed by atoms with Gasteiger partial charge in [0.15, 0.2) is 0 Å². The molecule has 0 saturated carbocycles. The van der Waals surface area contributed by atoms with Crippen molar-refractivity contribution in [2.75, 3.05) is 0 Å². The van der Waals surface area contributed by atoms with E-state index in [1.165, 1.54) is 12.1 Å². The second-order valence-corrected chi connectivity index (χ2v) is 4.27. The van der Waals surface area contributed by atoms with E-state index in [1.54, 1.807) is 6.07 Å². The lowest BCUT2D eigenvalue weighted by atomic mass is 9.81. The third-order valence-electron chi connectivity index (χ3n) is 2.86. The molecule has 2 N–H and O–H groups in total. The maximum atomic E-state index is 10.7. The molecule has 82 valence electrons. The quantitative estimate of drug-likeness (QED) is 0.803. The summed E-state index contributed by atoms with van der Waals surface area (Å²) in [5.74, 6) is -0.965. The molecule has 15 heavy (non-hydrogen) atoms. The Balaban J connectivity index is 3.19. The monoisotopic (exact) mass is 208 g/mol. The van der Waals surface area contributed by atoms with E-state index in [-0.39, 0.29) is 16.7 Å². The SMILES string of the molecule is CCC(C)(C)c1ccc(C(=O)O)cc1O. The van der Waals surface area contributed by atoms with Gasteiger partial charge in [-0.2, -0.15) is 0 Å². The third kappa shape index (κ3) is 2.29. The molecule has 0 aliphatic heterocycles. The minimum Gasteiger partial charge on any atom is -0.508 e. The smallest absolute Gasteiger partial charge is 0.335 e. The second-order valence-electron chi connectivity index (χ2n) is 4.27. The molecule has 0 heterocycles. The first-order valence-electron chi connectivity index (χ1n) is 4.95. The summed E-state index contributed by atoms with van der Waals surface area (Å²) in [4.78, 5) is 10.7. The predicted octanol–water partition coefficient (Wildman–Crippen LogP) is 2.78. The summed E-state index contributed by atoms with van der Waals surface area (Å²) in [5.41, 5.74) is 0.763. The molecule has 1 rings (SSSR count). The Morgan fingerprint density at radius 1 is 1.40 bits per heavy atom. The van der Waals surface area contributed by atoms with Gasteiger partial charge >= 0.3 is 5.97 Å². The van der Waals surface area contributed by atoms with Crippen molar-refractivity contribution in [2.45, 2.75) is 32.6 Å². The molecule has 0 spiro atoms. The highest BCUT2D eigenvalue weighted by molar-refractivity contribution is 5.88. The third-order valence-corrected chi connectivity index (χ3v) is 2.86. The molecule has 1 aromatic carbocycles. The van der Waals surface area contributed by atoms with E-state index in [1.807, 2.05) is 20.8 Å². The molecule has 3 heteroatoms. The molecular weight excluding hydrogens is 192 g/mol. The van der Waals surface area contributed by atoms with Crippen molar-refractivity contribution in [3.8, 4) is 5.75 Å². The highest BCUT2D eigenvalue weighted by atomic mass is 16.4. The van der Waals surface area contributed by atoms with E-state index >= 15 is 0 Å². The number of benzene rings is 1. The molecule has 1 aromatic rings. The van der Waals surface area contributed by atoms with Gasteiger partial charge in [0.05, 0.1) is 5.56 Å².